The van der Waals surface area contributed by atoms with Crippen molar-refractivity contribution in [3.05, 3.63) is 24.1 Å². The first kappa shape index (κ1) is 11.9. The summed E-state index contributed by atoms with van der Waals surface area (Å²) in [7, 11) is 0. The molecule has 1 fully saturated rings. The van der Waals surface area contributed by atoms with Crippen molar-refractivity contribution in [2.75, 3.05) is 19.8 Å². The van der Waals surface area contributed by atoms with Gasteiger partial charge in [0.05, 0.1) is 13.2 Å². The summed E-state index contributed by atoms with van der Waals surface area (Å²) in [6.07, 6.45) is 0. The molecule has 1 aromatic heterocycles. The molecule has 0 amide bonds. The molecule has 1 saturated heterocycles. The molecule has 0 aliphatic carbocycles. The van der Waals surface area contributed by atoms with Crippen LogP contribution in [0.15, 0.2) is 22.7 Å². The molecule has 0 spiro atoms. The predicted octanol–water partition coefficient (Wildman–Crippen LogP) is 0.809. The van der Waals surface area contributed by atoms with Gasteiger partial charge in [0.25, 0.3) is 0 Å². The van der Waals surface area contributed by atoms with E-state index in [1.165, 1.54) is 12.1 Å². The molecule has 0 radical (unpaired) electrons. The number of morpholine rings is 1. The Morgan fingerprint density at radius 1 is 1.26 bits per heavy atom. The lowest BCUT2D eigenvalue weighted by Crippen LogP contribution is -2.34. The number of hydrogen-bond acceptors (Lipinski definition) is 7. The van der Waals surface area contributed by atoms with Crippen molar-refractivity contribution in [3.8, 4) is 22.9 Å². The van der Waals surface area contributed by atoms with Crippen LogP contribution >= 0.6 is 0 Å². The molecule has 7 heteroatoms. The molecule has 2 heterocycles. The van der Waals surface area contributed by atoms with Gasteiger partial charge < -0.3 is 24.8 Å². The van der Waals surface area contributed by atoms with Crippen molar-refractivity contribution < 1.29 is 19.5 Å². The summed E-state index contributed by atoms with van der Waals surface area (Å²) in [5.41, 5.74) is 0.571. The Morgan fingerprint density at radius 3 is 2.89 bits per heavy atom. The first-order valence-corrected chi connectivity index (χ1v) is 5.91. The zero-order chi connectivity index (χ0) is 13.2. The van der Waals surface area contributed by atoms with Crippen LogP contribution in [0, 0.1) is 0 Å². The second kappa shape index (κ2) is 4.87. The molecule has 3 rings (SSSR count). The number of hydrogen-bond donors (Lipinski definition) is 3. The zero-order valence-electron chi connectivity index (χ0n) is 10.0. The van der Waals surface area contributed by atoms with Crippen molar-refractivity contribution in [2.24, 2.45) is 0 Å². The van der Waals surface area contributed by atoms with Gasteiger partial charge in [-0.3, -0.25) is 0 Å². The molecule has 1 aliphatic heterocycles. The lowest BCUT2D eigenvalue weighted by atomic mass is 10.2. The van der Waals surface area contributed by atoms with Crippen molar-refractivity contribution in [1.29, 1.82) is 0 Å². The van der Waals surface area contributed by atoms with Crippen LogP contribution in [0.2, 0.25) is 0 Å². The van der Waals surface area contributed by atoms with Gasteiger partial charge >= 0.3 is 0 Å². The van der Waals surface area contributed by atoms with Crippen molar-refractivity contribution in [1.82, 2.24) is 15.5 Å². The quantitative estimate of drug-likeness (QED) is 0.689. The first-order valence-electron chi connectivity index (χ1n) is 5.91. The summed E-state index contributed by atoms with van der Waals surface area (Å²) in [6, 6.07) is 4.26. The lowest BCUT2D eigenvalue weighted by molar-refractivity contribution is 0.0659. The zero-order valence-corrected chi connectivity index (χ0v) is 10.0. The number of phenols is 2. The Balaban J connectivity index is 1.85. The van der Waals surface area contributed by atoms with Gasteiger partial charge in [0.15, 0.2) is 11.5 Å². The van der Waals surface area contributed by atoms with Gasteiger partial charge in [0.1, 0.15) is 6.04 Å². The monoisotopic (exact) mass is 263 g/mol. The minimum Gasteiger partial charge on any atom is -0.504 e. The van der Waals surface area contributed by atoms with Gasteiger partial charge in [-0.05, 0) is 18.2 Å². The average Bonchev–Trinajstić information content (AvgIpc) is 2.93. The van der Waals surface area contributed by atoms with E-state index in [1.54, 1.807) is 6.07 Å². The number of rotatable bonds is 2. The van der Waals surface area contributed by atoms with Gasteiger partial charge in [0.2, 0.25) is 11.7 Å². The second-order valence-electron chi connectivity index (χ2n) is 4.24. The van der Waals surface area contributed by atoms with E-state index in [2.05, 4.69) is 15.5 Å². The number of nitrogens with one attached hydrogen (secondary N) is 1. The average molecular weight is 263 g/mol. The third-order valence-corrected chi connectivity index (χ3v) is 2.90. The van der Waals surface area contributed by atoms with E-state index >= 15 is 0 Å². The van der Waals surface area contributed by atoms with Crippen LogP contribution in [0.3, 0.4) is 0 Å². The number of aromatic hydroxyl groups is 2. The first-order chi connectivity index (χ1) is 9.24. The van der Waals surface area contributed by atoms with Gasteiger partial charge in [-0.2, -0.15) is 4.98 Å². The normalized spacial score (nSPS) is 19.5. The molecular formula is C12H13N3O4. The minimum atomic E-state index is -0.219. The van der Waals surface area contributed by atoms with Crippen molar-refractivity contribution >= 4 is 0 Å². The minimum absolute atomic E-state index is 0.110. The van der Waals surface area contributed by atoms with E-state index in [0.717, 1.165) is 6.54 Å². The Labute approximate surface area is 108 Å². The lowest BCUT2D eigenvalue weighted by Gasteiger charge is -2.20. The maximum absolute atomic E-state index is 9.45. The summed E-state index contributed by atoms with van der Waals surface area (Å²) in [5, 5.41) is 25.8. The molecular weight excluding hydrogens is 250 g/mol. The highest BCUT2D eigenvalue weighted by atomic mass is 16.5. The molecule has 1 unspecified atom stereocenters. The molecule has 0 bridgehead atoms. The maximum atomic E-state index is 9.45. The molecule has 1 atom stereocenters. The summed E-state index contributed by atoms with van der Waals surface area (Å²) < 4.78 is 10.5. The van der Waals surface area contributed by atoms with Crippen LogP contribution in [-0.4, -0.2) is 40.1 Å². The molecule has 3 N–H and O–H groups in total. The predicted molar refractivity (Wildman–Crippen MR) is 64.6 cm³/mol. The highest BCUT2D eigenvalue weighted by Crippen LogP contribution is 2.29. The van der Waals surface area contributed by atoms with Crippen LogP contribution in [0.5, 0.6) is 11.5 Å². The van der Waals surface area contributed by atoms with E-state index in [1.807, 2.05) is 0 Å². The highest BCUT2D eigenvalue weighted by molar-refractivity contribution is 5.59. The van der Waals surface area contributed by atoms with E-state index in [4.69, 9.17) is 9.26 Å². The summed E-state index contributed by atoms with van der Waals surface area (Å²) >= 11 is 0. The molecule has 2 aromatic rings. The van der Waals surface area contributed by atoms with Gasteiger partial charge in [-0.1, -0.05) is 5.16 Å². The third-order valence-electron chi connectivity index (χ3n) is 2.90. The van der Waals surface area contributed by atoms with Gasteiger partial charge in [0, 0.05) is 12.1 Å². The molecule has 0 saturated carbocycles. The van der Waals surface area contributed by atoms with E-state index in [0.29, 0.717) is 30.5 Å². The summed E-state index contributed by atoms with van der Waals surface area (Å²) in [6.45, 7) is 1.90. The van der Waals surface area contributed by atoms with Crippen molar-refractivity contribution in [2.45, 2.75) is 6.04 Å². The fourth-order valence-corrected chi connectivity index (χ4v) is 1.88. The van der Waals surface area contributed by atoms with Crippen LogP contribution in [0.25, 0.3) is 11.4 Å². The number of nitrogens with zero attached hydrogens (tertiary/aromatic N) is 2. The van der Waals surface area contributed by atoms with Crippen LogP contribution in [0.1, 0.15) is 11.9 Å². The number of benzene rings is 1. The largest absolute Gasteiger partial charge is 0.504 e. The Morgan fingerprint density at radius 2 is 2.16 bits per heavy atom. The SMILES string of the molecule is Oc1ccc(-c2noc(C3COCCN3)n2)cc1O. The number of phenolic OH excluding ortho intramolecular Hbond substituents is 2. The van der Waals surface area contributed by atoms with Crippen LogP contribution in [0.4, 0.5) is 0 Å². The second-order valence-corrected chi connectivity index (χ2v) is 4.24. The highest BCUT2D eigenvalue weighted by Gasteiger charge is 2.22. The molecule has 7 nitrogen and oxygen atoms in total. The molecule has 19 heavy (non-hydrogen) atoms. The number of ether oxygens (including phenoxy) is 1. The summed E-state index contributed by atoms with van der Waals surface area (Å²) in [4.78, 5) is 4.26. The third kappa shape index (κ3) is 2.38. The Kier molecular flexibility index (Phi) is 3.06. The summed E-state index contributed by atoms with van der Waals surface area (Å²) in [5.74, 6) is 0.401. The van der Waals surface area contributed by atoms with Crippen LogP contribution in [-0.2, 0) is 4.74 Å². The maximum Gasteiger partial charge on any atom is 0.246 e. The molecule has 1 aliphatic rings. The standard InChI is InChI=1S/C12H13N3O4/c16-9-2-1-7(5-10(9)17)11-14-12(19-15-11)8-6-18-4-3-13-8/h1-2,5,8,13,16-17H,3-4,6H2. The number of aromatic nitrogens is 2. The Hall–Kier alpha value is -2.12. The fourth-order valence-electron chi connectivity index (χ4n) is 1.88. The topological polar surface area (TPSA) is 101 Å². The smallest absolute Gasteiger partial charge is 0.246 e. The van der Waals surface area contributed by atoms with Crippen LogP contribution < -0.4 is 5.32 Å². The molecule has 1 aromatic carbocycles. The molecule has 100 valence electrons. The van der Waals surface area contributed by atoms with Gasteiger partial charge in [-0.25, -0.2) is 0 Å². The fraction of sp³-hybridized carbons (Fsp3) is 0.333. The van der Waals surface area contributed by atoms with Gasteiger partial charge in [-0.15, -0.1) is 0 Å². The van der Waals surface area contributed by atoms with Crippen molar-refractivity contribution in [3.63, 3.8) is 0 Å². The van der Waals surface area contributed by atoms with E-state index in [-0.39, 0.29) is 17.5 Å². The Bertz CT molecular complexity index is 578. The van der Waals surface area contributed by atoms with E-state index in [9.17, 15) is 10.2 Å². The van der Waals surface area contributed by atoms with E-state index < -0.39 is 0 Å².